The van der Waals surface area contributed by atoms with Gasteiger partial charge in [-0.2, -0.15) is 0 Å². The Morgan fingerprint density at radius 3 is 2.38 bits per heavy atom. The number of amides is 1. The molecule has 0 rings (SSSR count). The van der Waals surface area contributed by atoms with Crippen LogP contribution in [0.15, 0.2) is 0 Å². The first-order valence-corrected chi connectivity index (χ1v) is 5.28. The Morgan fingerprint density at radius 2 is 2.00 bits per heavy atom. The number of halogens is 1. The van der Waals surface area contributed by atoms with Crippen molar-refractivity contribution in [3.05, 3.63) is 0 Å². The molecule has 0 aromatic rings. The number of hydrogen-bond donors (Lipinski definition) is 1. The maximum Gasteiger partial charge on any atom is 0.226 e. The molecule has 0 atom stereocenters. The highest BCUT2D eigenvalue weighted by molar-refractivity contribution is 6.19. The van der Waals surface area contributed by atoms with Crippen molar-refractivity contribution in [1.82, 2.24) is 5.32 Å². The summed E-state index contributed by atoms with van der Waals surface area (Å²) in [6, 6.07) is 0. The lowest BCUT2D eigenvalue weighted by Gasteiger charge is -2.20. The van der Waals surface area contributed by atoms with Crippen LogP contribution >= 0.6 is 11.6 Å². The molecule has 1 N–H and O–H groups in total. The Labute approximate surface area is 86.0 Å². The van der Waals surface area contributed by atoms with Crippen LogP contribution in [0.25, 0.3) is 0 Å². The van der Waals surface area contributed by atoms with Crippen LogP contribution in [-0.2, 0) is 4.79 Å². The van der Waals surface area contributed by atoms with Crippen molar-refractivity contribution in [3.63, 3.8) is 0 Å². The summed E-state index contributed by atoms with van der Waals surface area (Å²) < 4.78 is 0. The van der Waals surface area contributed by atoms with E-state index in [1.165, 1.54) is 0 Å². The quantitative estimate of drug-likeness (QED) is 0.687. The highest BCUT2D eigenvalue weighted by atomic mass is 35.5. The first kappa shape index (κ1) is 12.8. The molecule has 0 aromatic carbocycles. The number of hydrogen-bond acceptors (Lipinski definition) is 1. The van der Waals surface area contributed by atoms with Gasteiger partial charge in [-0.25, -0.2) is 0 Å². The third-order valence-electron chi connectivity index (χ3n) is 1.96. The molecule has 0 saturated heterocycles. The molecule has 0 radical (unpaired) electrons. The van der Waals surface area contributed by atoms with E-state index in [2.05, 4.69) is 19.2 Å². The van der Waals surface area contributed by atoms with Gasteiger partial charge < -0.3 is 5.32 Å². The van der Waals surface area contributed by atoms with Crippen molar-refractivity contribution in [2.24, 2.45) is 11.3 Å². The molecule has 3 heteroatoms. The molecule has 78 valence electrons. The number of alkyl halides is 1. The van der Waals surface area contributed by atoms with E-state index in [0.717, 1.165) is 13.0 Å². The summed E-state index contributed by atoms with van der Waals surface area (Å²) in [6.45, 7) is 8.73. The molecule has 0 aliphatic rings. The molecule has 0 aliphatic carbocycles. The molecular weight excluding hydrogens is 186 g/mol. The zero-order valence-electron chi connectivity index (χ0n) is 8.98. The second-order valence-electron chi connectivity index (χ2n) is 4.46. The lowest BCUT2D eigenvalue weighted by Crippen LogP contribution is -2.38. The Hall–Kier alpha value is -0.240. The van der Waals surface area contributed by atoms with Gasteiger partial charge in [-0.3, -0.25) is 4.79 Å². The molecule has 0 aromatic heterocycles. The van der Waals surface area contributed by atoms with Crippen LogP contribution in [0.4, 0.5) is 0 Å². The SMILES string of the molecule is CC(C)CCNC(=O)C(C)(C)CCl. The maximum absolute atomic E-state index is 11.5. The summed E-state index contributed by atoms with van der Waals surface area (Å²) in [4.78, 5) is 11.5. The molecule has 0 unspecified atom stereocenters. The number of rotatable bonds is 5. The van der Waals surface area contributed by atoms with Gasteiger partial charge in [-0.05, 0) is 26.2 Å². The summed E-state index contributed by atoms with van der Waals surface area (Å²) in [5.41, 5.74) is -0.446. The van der Waals surface area contributed by atoms with E-state index in [4.69, 9.17) is 11.6 Å². The molecule has 0 fully saturated rings. The Balaban J connectivity index is 3.75. The average molecular weight is 206 g/mol. The van der Waals surface area contributed by atoms with E-state index in [-0.39, 0.29) is 5.91 Å². The molecule has 0 heterocycles. The average Bonchev–Trinajstić information content (AvgIpc) is 2.03. The summed E-state index contributed by atoms with van der Waals surface area (Å²) in [5.74, 6) is 1.03. The van der Waals surface area contributed by atoms with Gasteiger partial charge in [0, 0.05) is 12.4 Å². The molecule has 0 spiro atoms. The summed E-state index contributed by atoms with van der Waals surface area (Å²) >= 11 is 5.67. The van der Waals surface area contributed by atoms with Crippen LogP contribution in [0.3, 0.4) is 0 Å². The largest absolute Gasteiger partial charge is 0.356 e. The molecule has 0 saturated carbocycles. The van der Waals surface area contributed by atoms with Gasteiger partial charge in [0.25, 0.3) is 0 Å². The highest BCUT2D eigenvalue weighted by Crippen LogP contribution is 2.16. The van der Waals surface area contributed by atoms with Crippen LogP contribution in [-0.4, -0.2) is 18.3 Å². The first-order valence-electron chi connectivity index (χ1n) is 4.74. The van der Waals surface area contributed by atoms with E-state index in [1.807, 2.05) is 13.8 Å². The number of carbonyl (C=O) groups excluding carboxylic acids is 1. The summed E-state index contributed by atoms with van der Waals surface area (Å²) in [6.07, 6.45) is 1.02. The fourth-order valence-corrected chi connectivity index (χ4v) is 0.896. The fourth-order valence-electron chi connectivity index (χ4n) is 0.774. The van der Waals surface area contributed by atoms with Crippen molar-refractivity contribution in [3.8, 4) is 0 Å². The Morgan fingerprint density at radius 1 is 1.46 bits per heavy atom. The lowest BCUT2D eigenvalue weighted by molar-refractivity contribution is -0.128. The highest BCUT2D eigenvalue weighted by Gasteiger charge is 2.25. The van der Waals surface area contributed by atoms with E-state index < -0.39 is 5.41 Å². The normalized spacial score (nSPS) is 11.8. The zero-order valence-corrected chi connectivity index (χ0v) is 9.74. The second kappa shape index (κ2) is 5.48. The molecule has 2 nitrogen and oxygen atoms in total. The van der Waals surface area contributed by atoms with Crippen molar-refractivity contribution < 1.29 is 4.79 Å². The predicted octanol–water partition coefficient (Wildman–Crippen LogP) is 2.41. The Bertz CT molecular complexity index is 166. The molecular formula is C10H20ClNO. The minimum absolute atomic E-state index is 0.0446. The van der Waals surface area contributed by atoms with E-state index in [0.29, 0.717) is 11.8 Å². The van der Waals surface area contributed by atoms with Gasteiger partial charge in [0.1, 0.15) is 0 Å². The number of nitrogens with one attached hydrogen (secondary N) is 1. The lowest BCUT2D eigenvalue weighted by atomic mass is 9.95. The van der Waals surface area contributed by atoms with Crippen molar-refractivity contribution in [2.45, 2.75) is 34.1 Å². The van der Waals surface area contributed by atoms with Crippen LogP contribution < -0.4 is 5.32 Å². The second-order valence-corrected chi connectivity index (χ2v) is 4.72. The molecule has 0 bridgehead atoms. The summed E-state index contributed by atoms with van der Waals surface area (Å²) in [5, 5.41) is 2.88. The van der Waals surface area contributed by atoms with Crippen molar-refractivity contribution in [1.29, 1.82) is 0 Å². The van der Waals surface area contributed by atoms with Crippen LogP contribution in [0.2, 0.25) is 0 Å². The van der Waals surface area contributed by atoms with E-state index in [1.54, 1.807) is 0 Å². The monoisotopic (exact) mass is 205 g/mol. The molecule has 13 heavy (non-hydrogen) atoms. The number of carbonyl (C=O) groups is 1. The minimum Gasteiger partial charge on any atom is -0.356 e. The predicted molar refractivity (Wildman–Crippen MR) is 57.0 cm³/mol. The van der Waals surface area contributed by atoms with Crippen molar-refractivity contribution in [2.75, 3.05) is 12.4 Å². The van der Waals surface area contributed by atoms with Crippen LogP contribution in [0.1, 0.15) is 34.1 Å². The maximum atomic E-state index is 11.5. The van der Waals surface area contributed by atoms with Gasteiger partial charge in [-0.15, -0.1) is 11.6 Å². The van der Waals surface area contributed by atoms with Crippen LogP contribution in [0, 0.1) is 11.3 Å². The van der Waals surface area contributed by atoms with Crippen LogP contribution in [0.5, 0.6) is 0 Å². The minimum atomic E-state index is -0.446. The van der Waals surface area contributed by atoms with Gasteiger partial charge in [0.05, 0.1) is 5.41 Å². The van der Waals surface area contributed by atoms with Gasteiger partial charge in [0.2, 0.25) is 5.91 Å². The van der Waals surface area contributed by atoms with E-state index in [9.17, 15) is 4.79 Å². The third-order valence-corrected chi connectivity index (χ3v) is 2.62. The molecule has 0 aliphatic heterocycles. The smallest absolute Gasteiger partial charge is 0.226 e. The fraction of sp³-hybridized carbons (Fsp3) is 0.900. The van der Waals surface area contributed by atoms with Gasteiger partial charge in [0.15, 0.2) is 0 Å². The Kier molecular flexibility index (Phi) is 5.38. The third kappa shape index (κ3) is 5.14. The first-order chi connectivity index (χ1) is 5.90. The zero-order chi connectivity index (χ0) is 10.5. The van der Waals surface area contributed by atoms with Gasteiger partial charge in [-0.1, -0.05) is 13.8 Å². The van der Waals surface area contributed by atoms with Gasteiger partial charge >= 0.3 is 0 Å². The van der Waals surface area contributed by atoms with E-state index >= 15 is 0 Å². The van der Waals surface area contributed by atoms with Crippen molar-refractivity contribution >= 4 is 17.5 Å². The molecule has 1 amide bonds. The standard InChI is InChI=1S/C10H20ClNO/c1-8(2)5-6-12-9(13)10(3,4)7-11/h8H,5-7H2,1-4H3,(H,12,13). The topological polar surface area (TPSA) is 29.1 Å². The summed E-state index contributed by atoms with van der Waals surface area (Å²) in [7, 11) is 0.